The number of carbonyl (C=O) groups is 2. The molecule has 1 N–H and O–H groups in total. The fourth-order valence-electron chi connectivity index (χ4n) is 3.84. The fourth-order valence-corrected chi connectivity index (χ4v) is 3.84. The van der Waals surface area contributed by atoms with Gasteiger partial charge in [0.05, 0.1) is 7.11 Å². The van der Waals surface area contributed by atoms with E-state index in [1.807, 2.05) is 41.3 Å². The Balaban J connectivity index is 1.32. The number of pyridine rings is 1. The Morgan fingerprint density at radius 3 is 2.67 bits per heavy atom. The van der Waals surface area contributed by atoms with Crippen LogP contribution in [0.4, 0.5) is 0 Å². The second-order valence-corrected chi connectivity index (χ2v) is 7.85. The van der Waals surface area contributed by atoms with Gasteiger partial charge in [0, 0.05) is 44.9 Å². The highest BCUT2D eigenvalue weighted by molar-refractivity contribution is 5.77. The molecule has 2 aromatic rings. The van der Waals surface area contributed by atoms with Crippen LogP contribution in [-0.2, 0) is 22.6 Å². The minimum absolute atomic E-state index is 0.0793. The SMILES string of the molecule is COc1cccc(CCC(=O)N2CCC(CCC(=O)NCc3cccnc3)CC2)c1. The van der Waals surface area contributed by atoms with Crippen LogP contribution in [0, 0.1) is 5.92 Å². The van der Waals surface area contributed by atoms with E-state index < -0.39 is 0 Å². The van der Waals surface area contributed by atoms with Crippen LogP contribution in [0.15, 0.2) is 48.8 Å². The van der Waals surface area contributed by atoms with E-state index in [-0.39, 0.29) is 11.8 Å². The van der Waals surface area contributed by atoms with Crippen LogP contribution in [0.3, 0.4) is 0 Å². The summed E-state index contributed by atoms with van der Waals surface area (Å²) < 4.78 is 5.24. The summed E-state index contributed by atoms with van der Waals surface area (Å²) in [6.45, 7) is 2.10. The lowest BCUT2D eigenvalue weighted by Crippen LogP contribution is -2.38. The molecule has 2 heterocycles. The van der Waals surface area contributed by atoms with Crippen molar-refractivity contribution >= 4 is 11.8 Å². The van der Waals surface area contributed by atoms with Gasteiger partial charge in [-0.15, -0.1) is 0 Å². The predicted molar refractivity (Wildman–Crippen MR) is 116 cm³/mol. The first-order valence-corrected chi connectivity index (χ1v) is 10.7. The first-order chi connectivity index (χ1) is 14.6. The Hall–Kier alpha value is -2.89. The summed E-state index contributed by atoms with van der Waals surface area (Å²) in [5, 5.41) is 2.95. The average molecular weight is 410 g/mol. The number of rotatable bonds is 9. The lowest BCUT2D eigenvalue weighted by molar-refractivity contribution is -0.132. The van der Waals surface area contributed by atoms with E-state index in [0.29, 0.717) is 25.3 Å². The summed E-state index contributed by atoms with van der Waals surface area (Å²) in [4.78, 5) is 30.7. The number of hydrogen-bond acceptors (Lipinski definition) is 4. The summed E-state index contributed by atoms with van der Waals surface area (Å²) in [6.07, 6.45) is 8.10. The fraction of sp³-hybridized carbons (Fsp3) is 0.458. The second-order valence-electron chi connectivity index (χ2n) is 7.85. The van der Waals surface area contributed by atoms with Gasteiger partial charge < -0.3 is 15.0 Å². The van der Waals surface area contributed by atoms with E-state index in [4.69, 9.17) is 4.74 Å². The van der Waals surface area contributed by atoms with E-state index in [1.165, 1.54) is 0 Å². The van der Waals surface area contributed by atoms with Gasteiger partial charge in [-0.05, 0) is 60.9 Å². The Kier molecular flexibility index (Phi) is 8.24. The normalized spacial score (nSPS) is 14.4. The molecule has 0 unspecified atom stereocenters. The van der Waals surface area contributed by atoms with Gasteiger partial charge in [-0.3, -0.25) is 14.6 Å². The Morgan fingerprint density at radius 1 is 1.13 bits per heavy atom. The molecule has 0 atom stereocenters. The number of benzene rings is 1. The zero-order valence-electron chi connectivity index (χ0n) is 17.7. The number of hydrogen-bond donors (Lipinski definition) is 1. The number of methoxy groups -OCH3 is 1. The third-order valence-corrected chi connectivity index (χ3v) is 5.72. The highest BCUT2D eigenvalue weighted by Crippen LogP contribution is 2.23. The van der Waals surface area contributed by atoms with Gasteiger partial charge in [0.25, 0.3) is 0 Å². The molecule has 1 aromatic heterocycles. The minimum Gasteiger partial charge on any atom is -0.497 e. The van der Waals surface area contributed by atoms with E-state index in [0.717, 1.165) is 55.6 Å². The molecular weight excluding hydrogens is 378 g/mol. The minimum atomic E-state index is 0.0793. The second kappa shape index (κ2) is 11.3. The standard InChI is InChI=1S/C24H31N3O3/c1-30-22-6-2-4-20(16-22)8-10-24(29)27-14-11-19(12-15-27)7-9-23(28)26-18-21-5-3-13-25-17-21/h2-6,13,16-17,19H,7-12,14-15,18H2,1H3,(H,26,28). The molecule has 1 aliphatic heterocycles. The molecule has 3 rings (SSSR count). The molecular formula is C24H31N3O3. The van der Waals surface area contributed by atoms with Crippen molar-refractivity contribution in [3.05, 3.63) is 59.9 Å². The summed E-state index contributed by atoms with van der Waals surface area (Å²) >= 11 is 0. The van der Waals surface area contributed by atoms with E-state index >= 15 is 0 Å². The van der Waals surface area contributed by atoms with Crippen LogP contribution in [0.5, 0.6) is 5.75 Å². The molecule has 0 radical (unpaired) electrons. The maximum absolute atomic E-state index is 12.5. The Labute approximate surface area is 178 Å². The topological polar surface area (TPSA) is 71.5 Å². The first-order valence-electron chi connectivity index (χ1n) is 10.7. The summed E-state index contributed by atoms with van der Waals surface area (Å²) in [6, 6.07) is 11.7. The quantitative estimate of drug-likeness (QED) is 0.689. The van der Waals surface area contributed by atoms with Crippen molar-refractivity contribution in [3.63, 3.8) is 0 Å². The predicted octanol–water partition coefficient (Wildman–Crippen LogP) is 3.36. The van der Waals surface area contributed by atoms with Crippen LogP contribution < -0.4 is 10.1 Å². The molecule has 160 valence electrons. The number of piperidine rings is 1. The van der Waals surface area contributed by atoms with Crippen molar-refractivity contribution in [3.8, 4) is 5.75 Å². The summed E-state index contributed by atoms with van der Waals surface area (Å²) in [5.74, 6) is 1.63. The zero-order chi connectivity index (χ0) is 21.2. The first kappa shape index (κ1) is 21.8. The van der Waals surface area contributed by atoms with Crippen molar-refractivity contribution in [2.45, 2.75) is 45.1 Å². The summed E-state index contributed by atoms with van der Waals surface area (Å²) in [5.41, 5.74) is 2.13. The number of nitrogens with zero attached hydrogens (tertiary/aromatic N) is 2. The molecule has 1 aromatic carbocycles. The van der Waals surface area contributed by atoms with Crippen LogP contribution >= 0.6 is 0 Å². The van der Waals surface area contributed by atoms with Gasteiger partial charge in [-0.2, -0.15) is 0 Å². The maximum atomic E-state index is 12.5. The van der Waals surface area contributed by atoms with Crippen LogP contribution in [0.2, 0.25) is 0 Å². The molecule has 1 saturated heterocycles. The van der Waals surface area contributed by atoms with Crippen LogP contribution in [0.1, 0.15) is 43.2 Å². The number of ether oxygens (including phenoxy) is 1. The van der Waals surface area contributed by atoms with Gasteiger partial charge >= 0.3 is 0 Å². The molecule has 30 heavy (non-hydrogen) atoms. The van der Waals surface area contributed by atoms with Gasteiger partial charge in [-0.1, -0.05) is 18.2 Å². The van der Waals surface area contributed by atoms with Gasteiger partial charge in [0.15, 0.2) is 0 Å². The van der Waals surface area contributed by atoms with Gasteiger partial charge in [-0.25, -0.2) is 0 Å². The number of aromatic nitrogens is 1. The van der Waals surface area contributed by atoms with E-state index in [1.54, 1.807) is 19.5 Å². The van der Waals surface area contributed by atoms with Gasteiger partial charge in [0.2, 0.25) is 11.8 Å². The molecule has 6 heteroatoms. The van der Waals surface area contributed by atoms with E-state index in [9.17, 15) is 9.59 Å². The molecule has 1 aliphatic rings. The highest BCUT2D eigenvalue weighted by atomic mass is 16.5. The smallest absolute Gasteiger partial charge is 0.222 e. The monoisotopic (exact) mass is 409 g/mol. The lowest BCUT2D eigenvalue weighted by atomic mass is 9.91. The molecule has 0 saturated carbocycles. The lowest BCUT2D eigenvalue weighted by Gasteiger charge is -2.32. The zero-order valence-corrected chi connectivity index (χ0v) is 17.7. The van der Waals surface area contributed by atoms with Gasteiger partial charge in [0.1, 0.15) is 5.75 Å². The number of likely N-dealkylation sites (tertiary alicyclic amines) is 1. The summed E-state index contributed by atoms with van der Waals surface area (Å²) in [7, 11) is 1.65. The van der Waals surface area contributed by atoms with Crippen molar-refractivity contribution in [2.24, 2.45) is 5.92 Å². The van der Waals surface area contributed by atoms with Crippen molar-refractivity contribution in [1.82, 2.24) is 15.2 Å². The maximum Gasteiger partial charge on any atom is 0.222 e. The largest absolute Gasteiger partial charge is 0.497 e. The molecule has 1 fully saturated rings. The third-order valence-electron chi connectivity index (χ3n) is 5.72. The molecule has 2 amide bonds. The third kappa shape index (κ3) is 6.87. The van der Waals surface area contributed by atoms with Crippen LogP contribution in [-0.4, -0.2) is 41.9 Å². The molecule has 6 nitrogen and oxygen atoms in total. The number of aryl methyl sites for hydroxylation is 1. The van der Waals surface area contributed by atoms with Crippen molar-refractivity contribution in [1.29, 1.82) is 0 Å². The van der Waals surface area contributed by atoms with E-state index in [2.05, 4.69) is 10.3 Å². The Bertz CT molecular complexity index is 817. The number of amides is 2. The highest BCUT2D eigenvalue weighted by Gasteiger charge is 2.23. The van der Waals surface area contributed by atoms with Crippen molar-refractivity contribution in [2.75, 3.05) is 20.2 Å². The Morgan fingerprint density at radius 2 is 1.93 bits per heavy atom. The molecule has 0 aliphatic carbocycles. The molecule has 0 bridgehead atoms. The van der Waals surface area contributed by atoms with Crippen molar-refractivity contribution < 1.29 is 14.3 Å². The van der Waals surface area contributed by atoms with Crippen LogP contribution in [0.25, 0.3) is 0 Å². The average Bonchev–Trinajstić information content (AvgIpc) is 2.81. The number of nitrogens with one attached hydrogen (secondary N) is 1. The number of carbonyl (C=O) groups excluding carboxylic acids is 2. The molecule has 0 spiro atoms.